The van der Waals surface area contributed by atoms with E-state index in [0.717, 1.165) is 30.7 Å². The van der Waals surface area contributed by atoms with Gasteiger partial charge in [-0.1, -0.05) is 6.07 Å². The molecule has 24 heavy (non-hydrogen) atoms. The van der Waals surface area contributed by atoms with Crippen LogP contribution in [0.2, 0.25) is 0 Å². The lowest BCUT2D eigenvalue weighted by atomic mass is 9.92. The van der Waals surface area contributed by atoms with Crippen LogP contribution in [0.5, 0.6) is 5.75 Å². The molecule has 1 aliphatic carbocycles. The molecule has 4 nitrogen and oxygen atoms in total. The summed E-state index contributed by atoms with van der Waals surface area (Å²) in [6.45, 7) is 0.385. The van der Waals surface area contributed by atoms with Gasteiger partial charge in [0, 0.05) is 6.54 Å². The molecule has 0 atom stereocenters. The molecule has 0 fully saturated rings. The van der Waals surface area contributed by atoms with E-state index in [4.69, 9.17) is 4.74 Å². The Kier molecular flexibility index (Phi) is 5.16. The largest absolute Gasteiger partial charge is 0.492 e. The molecule has 0 heterocycles. The van der Waals surface area contributed by atoms with Crippen LogP contribution < -0.4 is 9.46 Å². The summed E-state index contributed by atoms with van der Waals surface area (Å²) in [6.07, 6.45) is 4.63. The monoisotopic (exact) mass is 349 g/mol. The maximum Gasteiger partial charge on any atom is 0.240 e. The summed E-state index contributed by atoms with van der Waals surface area (Å²) in [5.41, 5.74) is 2.70. The molecule has 0 bridgehead atoms. The molecule has 0 saturated heterocycles. The number of nitrogens with one attached hydrogen (secondary N) is 1. The first kappa shape index (κ1) is 16.9. The van der Waals surface area contributed by atoms with Crippen molar-refractivity contribution in [3.05, 3.63) is 59.4 Å². The van der Waals surface area contributed by atoms with Crippen molar-refractivity contribution in [2.75, 3.05) is 13.2 Å². The lowest BCUT2D eigenvalue weighted by molar-refractivity contribution is 0.322. The maximum atomic E-state index is 12.9. The van der Waals surface area contributed by atoms with Gasteiger partial charge in [-0.25, -0.2) is 17.5 Å². The number of fused-ring (bicyclic) bond motifs is 1. The number of hydrogen-bond acceptors (Lipinski definition) is 3. The van der Waals surface area contributed by atoms with Crippen molar-refractivity contribution in [3.8, 4) is 5.75 Å². The molecule has 0 unspecified atom stereocenters. The highest BCUT2D eigenvalue weighted by molar-refractivity contribution is 7.89. The summed E-state index contributed by atoms with van der Waals surface area (Å²) < 4.78 is 45.1. The van der Waals surface area contributed by atoms with E-state index in [1.165, 1.54) is 36.1 Å². The third-order valence-electron chi connectivity index (χ3n) is 4.11. The Bertz CT molecular complexity index is 804. The van der Waals surface area contributed by atoms with Gasteiger partial charge in [0.1, 0.15) is 18.2 Å². The predicted octanol–water partition coefficient (Wildman–Crippen LogP) is 3.06. The third kappa shape index (κ3) is 4.13. The molecule has 0 amide bonds. The second-order valence-corrected chi connectivity index (χ2v) is 7.60. The first-order valence-corrected chi connectivity index (χ1v) is 9.53. The first-order chi connectivity index (χ1) is 11.5. The quantitative estimate of drug-likeness (QED) is 0.816. The topological polar surface area (TPSA) is 55.4 Å². The van der Waals surface area contributed by atoms with Crippen molar-refractivity contribution in [3.63, 3.8) is 0 Å². The maximum absolute atomic E-state index is 12.9. The van der Waals surface area contributed by atoms with Crippen LogP contribution in [-0.2, 0) is 22.9 Å². The summed E-state index contributed by atoms with van der Waals surface area (Å²) in [6, 6.07) is 10.8. The number of ether oxygens (including phenoxy) is 1. The zero-order valence-electron chi connectivity index (χ0n) is 13.3. The Morgan fingerprint density at radius 3 is 2.46 bits per heavy atom. The highest BCUT2D eigenvalue weighted by atomic mass is 32.2. The number of halogens is 1. The van der Waals surface area contributed by atoms with E-state index in [1.807, 2.05) is 12.1 Å². The van der Waals surface area contributed by atoms with Crippen molar-refractivity contribution in [2.24, 2.45) is 0 Å². The van der Waals surface area contributed by atoms with E-state index in [1.54, 1.807) is 0 Å². The van der Waals surface area contributed by atoms with Gasteiger partial charge in [0.05, 0.1) is 4.90 Å². The highest BCUT2D eigenvalue weighted by Crippen LogP contribution is 2.25. The molecule has 3 rings (SSSR count). The summed E-state index contributed by atoms with van der Waals surface area (Å²) in [5.74, 6) is 0.293. The molecule has 0 aliphatic heterocycles. The van der Waals surface area contributed by atoms with E-state index in [2.05, 4.69) is 10.8 Å². The number of hydrogen-bond donors (Lipinski definition) is 1. The van der Waals surface area contributed by atoms with Crippen LogP contribution >= 0.6 is 0 Å². The molecule has 2 aromatic rings. The summed E-state index contributed by atoms with van der Waals surface area (Å²) >= 11 is 0. The molecular weight excluding hydrogens is 329 g/mol. The predicted molar refractivity (Wildman–Crippen MR) is 90.2 cm³/mol. The Balaban J connectivity index is 1.52. The van der Waals surface area contributed by atoms with Gasteiger partial charge >= 0.3 is 0 Å². The van der Waals surface area contributed by atoms with Gasteiger partial charge in [-0.05, 0) is 73.2 Å². The van der Waals surface area contributed by atoms with Crippen molar-refractivity contribution in [1.29, 1.82) is 0 Å². The first-order valence-electron chi connectivity index (χ1n) is 8.04. The Labute approximate surface area is 141 Å². The van der Waals surface area contributed by atoms with Gasteiger partial charge in [0.25, 0.3) is 0 Å². The SMILES string of the molecule is O=S(=O)(NCCOc1ccc2c(c1)CCCC2)c1ccc(F)cc1. The van der Waals surface area contributed by atoms with Crippen molar-refractivity contribution in [1.82, 2.24) is 4.72 Å². The molecule has 128 valence electrons. The molecular formula is C18H20FNO3S. The average Bonchev–Trinajstić information content (AvgIpc) is 2.59. The minimum atomic E-state index is -3.64. The van der Waals surface area contributed by atoms with Crippen LogP contribution in [-0.4, -0.2) is 21.6 Å². The van der Waals surface area contributed by atoms with E-state index >= 15 is 0 Å². The molecule has 2 aromatic carbocycles. The van der Waals surface area contributed by atoms with Crippen LogP contribution in [0.15, 0.2) is 47.4 Å². The fraction of sp³-hybridized carbons (Fsp3) is 0.333. The minimum absolute atomic E-state index is 0.0395. The molecule has 1 aliphatic rings. The number of sulfonamides is 1. The average molecular weight is 349 g/mol. The molecule has 1 N–H and O–H groups in total. The fourth-order valence-corrected chi connectivity index (χ4v) is 3.85. The minimum Gasteiger partial charge on any atom is -0.492 e. The molecule has 0 radical (unpaired) electrons. The lowest BCUT2D eigenvalue weighted by Gasteiger charge is -2.17. The van der Waals surface area contributed by atoms with Gasteiger partial charge in [0.2, 0.25) is 10.0 Å². The zero-order valence-corrected chi connectivity index (χ0v) is 14.1. The summed E-state index contributed by atoms with van der Waals surface area (Å²) in [7, 11) is -3.64. The summed E-state index contributed by atoms with van der Waals surface area (Å²) in [4.78, 5) is 0.0395. The van der Waals surface area contributed by atoms with Crippen LogP contribution in [0.3, 0.4) is 0 Å². The van der Waals surface area contributed by atoms with E-state index in [-0.39, 0.29) is 18.0 Å². The number of benzene rings is 2. The Hall–Kier alpha value is -1.92. The van der Waals surface area contributed by atoms with E-state index in [0.29, 0.717) is 0 Å². The third-order valence-corrected chi connectivity index (χ3v) is 5.58. The van der Waals surface area contributed by atoms with Gasteiger partial charge in [-0.3, -0.25) is 0 Å². The van der Waals surface area contributed by atoms with Gasteiger partial charge in [-0.15, -0.1) is 0 Å². The number of aryl methyl sites for hydroxylation is 2. The van der Waals surface area contributed by atoms with Gasteiger partial charge in [0.15, 0.2) is 0 Å². The van der Waals surface area contributed by atoms with E-state index < -0.39 is 15.8 Å². The number of rotatable bonds is 6. The Morgan fingerprint density at radius 2 is 1.71 bits per heavy atom. The summed E-state index contributed by atoms with van der Waals surface area (Å²) in [5, 5.41) is 0. The normalized spacial score (nSPS) is 14.2. The lowest BCUT2D eigenvalue weighted by Crippen LogP contribution is -2.28. The second kappa shape index (κ2) is 7.32. The Morgan fingerprint density at radius 1 is 1.00 bits per heavy atom. The molecule has 0 spiro atoms. The van der Waals surface area contributed by atoms with E-state index in [9.17, 15) is 12.8 Å². The zero-order chi connectivity index (χ0) is 17.0. The molecule has 0 saturated carbocycles. The molecule has 6 heteroatoms. The van der Waals surface area contributed by atoms with Crippen molar-refractivity contribution < 1.29 is 17.5 Å². The van der Waals surface area contributed by atoms with Crippen LogP contribution in [0, 0.1) is 5.82 Å². The van der Waals surface area contributed by atoms with Crippen LogP contribution in [0.1, 0.15) is 24.0 Å². The van der Waals surface area contributed by atoms with Crippen molar-refractivity contribution >= 4 is 10.0 Å². The smallest absolute Gasteiger partial charge is 0.240 e. The highest BCUT2D eigenvalue weighted by Gasteiger charge is 2.13. The van der Waals surface area contributed by atoms with Crippen molar-refractivity contribution in [2.45, 2.75) is 30.6 Å². The second-order valence-electron chi connectivity index (χ2n) is 5.84. The molecule has 0 aromatic heterocycles. The fourth-order valence-electron chi connectivity index (χ4n) is 2.84. The van der Waals surface area contributed by atoms with Crippen LogP contribution in [0.4, 0.5) is 4.39 Å². The standard InChI is InChI=1S/C18H20FNO3S/c19-16-6-9-18(10-7-16)24(21,22)20-11-12-23-17-8-5-14-3-1-2-4-15(14)13-17/h5-10,13,20H,1-4,11-12H2. The van der Waals surface area contributed by atoms with Crippen LogP contribution in [0.25, 0.3) is 0 Å². The van der Waals surface area contributed by atoms with Gasteiger partial charge < -0.3 is 4.74 Å². The van der Waals surface area contributed by atoms with Gasteiger partial charge in [-0.2, -0.15) is 0 Å².